The zero-order valence-corrected chi connectivity index (χ0v) is 14.8. The molecule has 26 heavy (non-hydrogen) atoms. The van der Waals surface area contributed by atoms with Crippen molar-refractivity contribution in [2.45, 2.75) is 13.3 Å². The molecule has 3 aromatic rings. The first-order valence-corrected chi connectivity index (χ1v) is 8.32. The van der Waals surface area contributed by atoms with E-state index in [1.54, 1.807) is 14.0 Å². The zero-order chi connectivity index (χ0) is 18.5. The molecule has 1 heterocycles. The summed E-state index contributed by atoms with van der Waals surface area (Å²) < 4.78 is 10.5. The first kappa shape index (κ1) is 17.5. The lowest BCUT2D eigenvalue weighted by molar-refractivity contribution is 0.0954. The maximum absolute atomic E-state index is 12.6. The quantitative estimate of drug-likeness (QED) is 0.666. The van der Waals surface area contributed by atoms with Crippen LogP contribution in [-0.2, 0) is 6.42 Å². The minimum Gasteiger partial charge on any atom is -0.497 e. The van der Waals surface area contributed by atoms with E-state index >= 15 is 0 Å². The molecule has 0 fully saturated rings. The molecule has 2 aromatic carbocycles. The van der Waals surface area contributed by atoms with Gasteiger partial charge in [-0.05, 0) is 55.3 Å². The maximum Gasteiger partial charge on any atom is 0.257 e. The minimum atomic E-state index is -0.204. The molecule has 0 aliphatic rings. The van der Waals surface area contributed by atoms with E-state index in [1.807, 2.05) is 48.5 Å². The van der Waals surface area contributed by atoms with Crippen LogP contribution in [0, 0.1) is 6.92 Å². The van der Waals surface area contributed by atoms with E-state index in [-0.39, 0.29) is 5.91 Å². The number of benzene rings is 2. The molecule has 0 atom stereocenters. The number of nitrogens with one attached hydrogen (secondary N) is 1. The van der Waals surface area contributed by atoms with Crippen LogP contribution >= 0.6 is 0 Å². The van der Waals surface area contributed by atoms with E-state index in [0.717, 1.165) is 22.6 Å². The van der Waals surface area contributed by atoms with E-state index in [9.17, 15) is 4.79 Å². The van der Waals surface area contributed by atoms with Gasteiger partial charge in [-0.2, -0.15) is 0 Å². The lowest BCUT2D eigenvalue weighted by atomic mass is 10.1. The van der Waals surface area contributed by atoms with Crippen LogP contribution in [0.5, 0.6) is 5.75 Å². The summed E-state index contributed by atoms with van der Waals surface area (Å²) in [4.78, 5) is 12.6. The second-order valence-corrected chi connectivity index (χ2v) is 5.95. The van der Waals surface area contributed by atoms with Gasteiger partial charge in [0.2, 0.25) is 0 Å². The Balaban J connectivity index is 1.70. The summed E-state index contributed by atoms with van der Waals surface area (Å²) in [5.41, 5.74) is 9.29. The van der Waals surface area contributed by atoms with Gasteiger partial charge in [-0.3, -0.25) is 4.79 Å². The molecule has 3 N–H and O–H groups in total. The first-order valence-electron chi connectivity index (χ1n) is 8.32. The molecule has 0 unspecified atom stereocenters. The lowest BCUT2D eigenvalue weighted by Crippen LogP contribution is -2.26. The van der Waals surface area contributed by atoms with Crippen molar-refractivity contribution in [1.82, 2.24) is 10.5 Å². The molecule has 1 aromatic heterocycles. The number of carbonyl (C=O) groups excluding carboxylic acids is 1. The number of rotatable bonds is 6. The van der Waals surface area contributed by atoms with Crippen molar-refractivity contribution in [3.63, 3.8) is 0 Å². The van der Waals surface area contributed by atoms with Crippen molar-refractivity contribution < 1.29 is 14.1 Å². The highest BCUT2D eigenvalue weighted by Crippen LogP contribution is 2.27. The highest BCUT2D eigenvalue weighted by Gasteiger charge is 2.21. The number of ether oxygens (including phenoxy) is 1. The number of aryl methyl sites for hydroxylation is 1. The lowest BCUT2D eigenvalue weighted by Gasteiger charge is -2.07. The topological polar surface area (TPSA) is 90.4 Å². The fraction of sp³-hybridized carbons (Fsp3) is 0.200. The summed E-state index contributed by atoms with van der Waals surface area (Å²) in [5.74, 6) is 0.986. The summed E-state index contributed by atoms with van der Waals surface area (Å²) in [6.45, 7) is 2.26. The Labute approximate surface area is 152 Å². The summed E-state index contributed by atoms with van der Waals surface area (Å²) >= 11 is 0. The van der Waals surface area contributed by atoms with Crippen LogP contribution in [-0.4, -0.2) is 24.7 Å². The Morgan fingerprint density at radius 1 is 1.15 bits per heavy atom. The van der Waals surface area contributed by atoms with Crippen LogP contribution in [0.1, 0.15) is 21.6 Å². The van der Waals surface area contributed by atoms with Gasteiger partial charge in [0.15, 0.2) is 5.76 Å². The molecule has 0 saturated heterocycles. The molecule has 0 aliphatic carbocycles. The summed E-state index contributed by atoms with van der Waals surface area (Å²) in [6, 6.07) is 14.9. The molecular weight excluding hydrogens is 330 g/mol. The van der Waals surface area contributed by atoms with Crippen molar-refractivity contribution in [2.75, 3.05) is 19.4 Å². The number of aromatic nitrogens is 1. The molecule has 0 radical (unpaired) electrons. The number of hydrogen-bond donors (Lipinski definition) is 2. The van der Waals surface area contributed by atoms with Crippen molar-refractivity contribution in [1.29, 1.82) is 0 Å². The van der Waals surface area contributed by atoms with Crippen LogP contribution in [0.3, 0.4) is 0 Å². The Morgan fingerprint density at radius 3 is 2.50 bits per heavy atom. The number of methoxy groups -OCH3 is 1. The molecule has 0 aliphatic heterocycles. The molecule has 6 nitrogen and oxygen atoms in total. The molecule has 3 rings (SSSR count). The predicted molar refractivity (Wildman–Crippen MR) is 100 cm³/mol. The molecule has 6 heteroatoms. The van der Waals surface area contributed by atoms with E-state index in [0.29, 0.717) is 30.0 Å². The van der Waals surface area contributed by atoms with E-state index in [1.165, 1.54) is 0 Å². The standard InChI is InChI=1S/C20H21N3O3/c1-13-18(19(26-23-13)15-5-9-17(25-2)10-6-15)20(24)22-12-11-14-3-7-16(21)8-4-14/h3-10H,11-12,21H2,1-2H3,(H,22,24). The average Bonchev–Trinajstić information content (AvgIpc) is 3.05. The Bertz CT molecular complexity index is 884. The van der Waals surface area contributed by atoms with Crippen LogP contribution in [0.2, 0.25) is 0 Å². The molecule has 0 bridgehead atoms. The van der Waals surface area contributed by atoms with Crippen molar-refractivity contribution in [2.24, 2.45) is 0 Å². The normalized spacial score (nSPS) is 10.5. The fourth-order valence-electron chi connectivity index (χ4n) is 2.67. The summed E-state index contributed by atoms with van der Waals surface area (Å²) in [7, 11) is 1.60. The smallest absolute Gasteiger partial charge is 0.257 e. The zero-order valence-electron chi connectivity index (χ0n) is 14.8. The van der Waals surface area contributed by atoms with E-state index < -0.39 is 0 Å². The Hall–Kier alpha value is -3.28. The second kappa shape index (κ2) is 7.74. The van der Waals surface area contributed by atoms with Gasteiger partial charge in [-0.25, -0.2) is 0 Å². The summed E-state index contributed by atoms with van der Waals surface area (Å²) in [5, 5.41) is 6.88. The third-order valence-electron chi connectivity index (χ3n) is 4.12. The highest BCUT2D eigenvalue weighted by molar-refractivity contribution is 6.00. The van der Waals surface area contributed by atoms with Gasteiger partial charge >= 0.3 is 0 Å². The Kier molecular flexibility index (Phi) is 5.22. The summed E-state index contributed by atoms with van der Waals surface area (Å²) in [6.07, 6.45) is 0.716. The number of nitrogens with zero attached hydrogens (tertiary/aromatic N) is 1. The average molecular weight is 351 g/mol. The van der Waals surface area contributed by atoms with E-state index in [4.69, 9.17) is 15.0 Å². The van der Waals surface area contributed by atoms with E-state index in [2.05, 4.69) is 10.5 Å². The number of nitrogens with two attached hydrogens (primary N) is 1. The molecule has 1 amide bonds. The number of anilines is 1. The molecule has 0 saturated carbocycles. The SMILES string of the molecule is COc1ccc(-c2onc(C)c2C(=O)NCCc2ccc(N)cc2)cc1. The molecular formula is C20H21N3O3. The van der Waals surface area contributed by atoms with Gasteiger partial charge in [0.1, 0.15) is 11.3 Å². The number of amides is 1. The van der Waals surface area contributed by atoms with Gasteiger partial charge in [0, 0.05) is 17.8 Å². The van der Waals surface area contributed by atoms with Crippen LogP contribution in [0.25, 0.3) is 11.3 Å². The maximum atomic E-state index is 12.6. The van der Waals surface area contributed by atoms with Gasteiger partial charge in [-0.1, -0.05) is 17.3 Å². The van der Waals surface area contributed by atoms with Crippen molar-refractivity contribution in [3.8, 4) is 17.1 Å². The number of hydrogen-bond acceptors (Lipinski definition) is 5. The van der Waals surface area contributed by atoms with Crippen LogP contribution in [0.4, 0.5) is 5.69 Å². The van der Waals surface area contributed by atoms with Crippen LogP contribution in [0.15, 0.2) is 53.1 Å². The van der Waals surface area contributed by atoms with Crippen molar-refractivity contribution in [3.05, 3.63) is 65.4 Å². The Morgan fingerprint density at radius 2 is 1.85 bits per heavy atom. The van der Waals surface area contributed by atoms with Gasteiger partial charge in [0.25, 0.3) is 5.91 Å². The monoisotopic (exact) mass is 351 g/mol. The second-order valence-electron chi connectivity index (χ2n) is 5.95. The highest BCUT2D eigenvalue weighted by atomic mass is 16.5. The van der Waals surface area contributed by atoms with Gasteiger partial charge in [0.05, 0.1) is 12.8 Å². The van der Waals surface area contributed by atoms with Gasteiger partial charge < -0.3 is 20.3 Å². The number of nitrogen functional groups attached to an aromatic ring is 1. The third-order valence-corrected chi connectivity index (χ3v) is 4.12. The molecule has 134 valence electrons. The number of carbonyl (C=O) groups is 1. The third kappa shape index (κ3) is 3.85. The van der Waals surface area contributed by atoms with Crippen molar-refractivity contribution >= 4 is 11.6 Å². The van der Waals surface area contributed by atoms with Crippen LogP contribution < -0.4 is 15.8 Å². The largest absolute Gasteiger partial charge is 0.497 e. The first-order chi connectivity index (χ1) is 12.6. The minimum absolute atomic E-state index is 0.204. The van der Waals surface area contributed by atoms with Gasteiger partial charge in [-0.15, -0.1) is 0 Å². The predicted octanol–water partition coefficient (Wildman–Crippen LogP) is 3.21. The fourth-order valence-corrected chi connectivity index (χ4v) is 2.67. The molecule has 0 spiro atoms.